The van der Waals surface area contributed by atoms with Crippen molar-refractivity contribution in [2.24, 2.45) is 0 Å². The molecule has 1 amide bonds. The molecule has 2 rings (SSSR count). The molecule has 0 atom stereocenters. The molecule has 0 aliphatic heterocycles. The van der Waals surface area contributed by atoms with E-state index >= 15 is 0 Å². The van der Waals surface area contributed by atoms with Crippen LogP contribution in [-0.4, -0.2) is 13.0 Å². The van der Waals surface area contributed by atoms with E-state index < -0.39 is 0 Å². The zero-order valence-corrected chi connectivity index (χ0v) is 10.5. The Labute approximate surface area is 111 Å². The zero-order chi connectivity index (χ0) is 13.8. The molecule has 2 aromatic carbocycles. The van der Waals surface area contributed by atoms with Crippen LogP contribution < -0.4 is 10.6 Å². The summed E-state index contributed by atoms with van der Waals surface area (Å²) in [6, 6.07) is 15.7. The van der Waals surface area contributed by atoms with Crippen LogP contribution in [0.5, 0.6) is 0 Å². The second-order valence-electron chi connectivity index (χ2n) is 4.14. The molecule has 0 saturated heterocycles. The van der Waals surface area contributed by atoms with E-state index in [1.165, 1.54) is 4.90 Å². The number of hydrogen-bond donors (Lipinski definition) is 1. The van der Waals surface area contributed by atoms with E-state index in [2.05, 4.69) is 0 Å². The fourth-order valence-corrected chi connectivity index (χ4v) is 1.70. The summed E-state index contributed by atoms with van der Waals surface area (Å²) in [5, 5.41) is 8.74. The van der Waals surface area contributed by atoms with Crippen molar-refractivity contribution in [3.63, 3.8) is 0 Å². The van der Waals surface area contributed by atoms with Gasteiger partial charge < -0.3 is 10.6 Å². The van der Waals surface area contributed by atoms with Gasteiger partial charge in [0.05, 0.1) is 11.6 Å². The van der Waals surface area contributed by atoms with Gasteiger partial charge in [0.1, 0.15) is 0 Å². The summed E-state index contributed by atoms with van der Waals surface area (Å²) in [4.78, 5) is 13.8. The molecule has 0 spiro atoms. The van der Waals surface area contributed by atoms with E-state index in [1.54, 1.807) is 55.6 Å². The van der Waals surface area contributed by atoms with Crippen molar-refractivity contribution < 1.29 is 4.79 Å². The normalized spacial score (nSPS) is 9.68. The van der Waals surface area contributed by atoms with E-state index in [1.807, 2.05) is 6.07 Å². The quantitative estimate of drug-likeness (QED) is 0.833. The SMILES string of the molecule is CN(C(=O)c1ccc(N)cc1)c1ccc(C#N)cc1. The van der Waals surface area contributed by atoms with Gasteiger partial charge >= 0.3 is 0 Å². The van der Waals surface area contributed by atoms with E-state index in [4.69, 9.17) is 11.0 Å². The van der Waals surface area contributed by atoms with Crippen LogP contribution in [0.2, 0.25) is 0 Å². The molecule has 94 valence electrons. The molecule has 19 heavy (non-hydrogen) atoms. The van der Waals surface area contributed by atoms with Crippen molar-refractivity contribution in [2.75, 3.05) is 17.7 Å². The largest absolute Gasteiger partial charge is 0.399 e. The van der Waals surface area contributed by atoms with E-state index in [9.17, 15) is 4.79 Å². The average molecular weight is 251 g/mol. The van der Waals surface area contributed by atoms with Gasteiger partial charge in [-0.05, 0) is 48.5 Å². The molecule has 0 unspecified atom stereocenters. The minimum atomic E-state index is -0.121. The molecular weight excluding hydrogens is 238 g/mol. The molecule has 0 saturated carbocycles. The van der Waals surface area contributed by atoms with Crippen LogP contribution in [0.1, 0.15) is 15.9 Å². The van der Waals surface area contributed by atoms with Crippen molar-refractivity contribution >= 4 is 17.3 Å². The number of amides is 1. The van der Waals surface area contributed by atoms with Crippen molar-refractivity contribution in [1.29, 1.82) is 5.26 Å². The number of hydrogen-bond acceptors (Lipinski definition) is 3. The molecule has 4 nitrogen and oxygen atoms in total. The van der Waals surface area contributed by atoms with Gasteiger partial charge in [0.2, 0.25) is 0 Å². The second-order valence-corrected chi connectivity index (χ2v) is 4.14. The number of nitrogen functional groups attached to an aromatic ring is 1. The molecule has 0 radical (unpaired) electrons. The molecule has 4 heteroatoms. The Morgan fingerprint density at radius 3 is 2.21 bits per heavy atom. The molecule has 0 bridgehead atoms. The maximum absolute atomic E-state index is 12.2. The summed E-state index contributed by atoms with van der Waals surface area (Å²) in [6.45, 7) is 0. The highest BCUT2D eigenvalue weighted by Gasteiger charge is 2.12. The van der Waals surface area contributed by atoms with Crippen molar-refractivity contribution in [3.05, 3.63) is 59.7 Å². The number of nitriles is 1. The topological polar surface area (TPSA) is 70.1 Å². The lowest BCUT2D eigenvalue weighted by Gasteiger charge is -2.17. The monoisotopic (exact) mass is 251 g/mol. The van der Waals surface area contributed by atoms with Crippen LogP contribution in [0, 0.1) is 11.3 Å². The van der Waals surface area contributed by atoms with Crippen LogP contribution in [0.15, 0.2) is 48.5 Å². The first-order valence-corrected chi connectivity index (χ1v) is 5.75. The minimum absolute atomic E-state index is 0.121. The second kappa shape index (κ2) is 5.23. The maximum Gasteiger partial charge on any atom is 0.258 e. The van der Waals surface area contributed by atoms with Crippen LogP contribution in [0.3, 0.4) is 0 Å². The fraction of sp³-hybridized carbons (Fsp3) is 0.0667. The standard InChI is InChI=1S/C15H13N3O/c1-18(14-8-2-11(10-16)3-9-14)15(19)12-4-6-13(17)7-5-12/h2-9H,17H2,1H3. The Balaban J connectivity index is 2.23. The van der Waals surface area contributed by atoms with E-state index in [0.717, 1.165) is 5.69 Å². The Morgan fingerprint density at radius 1 is 1.11 bits per heavy atom. The summed E-state index contributed by atoms with van der Waals surface area (Å²) in [7, 11) is 1.69. The summed E-state index contributed by atoms with van der Waals surface area (Å²) in [5.74, 6) is -0.121. The first-order valence-electron chi connectivity index (χ1n) is 5.75. The predicted molar refractivity (Wildman–Crippen MR) is 74.7 cm³/mol. The Bertz CT molecular complexity index is 624. The zero-order valence-electron chi connectivity index (χ0n) is 10.5. The lowest BCUT2D eigenvalue weighted by atomic mass is 10.1. The van der Waals surface area contributed by atoms with Gasteiger partial charge in [-0.3, -0.25) is 4.79 Å². The van der Waals surface area contributed by atoms with Gasteiger partial charge in [0, 0.05) is 24.0 Å². The van der Waals surface area contributed by atoms with Crippen molar-refractivity contribution in [1.82, 2.24) is 0 Å². The highest BCUT2D eigenvalue weighted by molar-refractivity contribution is 6.05. The highest BCUT2D eigenvalue weighted by atomic mass is 16.2. The van der Waals surface area contributed by atoms with E-state index in [-0.39, 0.29) is 5.91 Å². The number of carbonyl (C=O) groups is 1. The third kappa shape index (κ3) is 2.72. The van der Waals surface area contributed by atoms with Gasteiger partial charge in [-0.15, -0.1) is 0 Å². The summed E-state index contributed by atoms with van der Waals surface area (Å²) in [6.07, 6.45) is 0. The van der Waals surface area contributed by atoms with Crippen LogP contribution in [0.4, 0.5) is 11.4 Å². The molecule has 0 heterocycles. The van der Waals surface area contributed by atoms with Gasteiger partial charge in [-0.2, -0.15) is 5.26 Å². The highest BCUT2D eigenvalue weighted by Crippen LogP contribution is 2.17. The third-order valence-corrected chi connectivity index (χ3v) is 2.85. The number of nitrogens with zero attached hydrogens (tertiary/aromatic N) is 2. The summed E-state index contributed by atoms with van der Waals surface area (Å²) >= 11 is 0. The number of nitrogens with two attached hydrogens (primary N) is 1. The van der Waals surface area contributed by atoms with Crippen LogP contribution >= 0.6 is 0 Å². The lowest BCUT2D eigenvalue weighted by Crippen LogP contribution is -2.26. The summed E-state index contributed by atoms with van der Waals surface area (Å²) < 4.78 is 0. The Kier molecular flexibility index (Phi) is 3.48. The van der Waals surface area contributed by atoms with Crippen LogP contribution in [-0.2, 0) is 0 Å². The van der Waals surface area contributed by atoms with Gasteiger partial charge in [0.15, 0.2) is 0 Å². The first-order chi connectivity index (χ1) is 9.11. The molecule has 0 aromatic heterocycles. The first kappa shape index (κ1) is 12.7. The lowest BCUT2D eigenvalue weighted by molar-refractivity contribution is 0.0993. The van der Waals surface area contributed by atoms with Gasteiger partial charge in [-0.25, -0.2) is 0 Å². The molecule has 0 aliphatic carbocycles. The van der Waals surface area contributed by atoms with Gasteiger partial charge in [0.25, 0.3) is 5.91 Å². The number of anilines is 2. The molecular formula is C15H13N3O. The maximum atomic E-state index is 12.2. The molecule has 0 fully saturated rings. The average Bonchev–Trinajstić information content (AvgIpc) is 2.46. The minimum Gasteiger partial charge on any atom is -0.399 e. The van der Waals surface area contributed by atoms with E-state index in [0.29, 0.717) is 16.8 Å². The number of carbonyl (C=O) groups excluding carboxylic acids is 1. The number of benzene rings is 2. The smallest absolute Gasteiger partial charge is 0.258 e. The molecule has 0 aliphatic rings. The number of rotatable bonds is 2. The Hall–Kier alpha value is -2.80. The van der Waals surface area contributed by atoms with Crippen LogP contribution in [0.25, 0.3) is 0 Å². The van der Waals surface area contributed by atoms with Crippen molar-refractivity contribution in [2.45, 2.75) is 0 Å². The van der Waals surface area contributed by atoms with Crippen molar-refractivity contribution in [3.8, 4) is 6.07 Å². The third-order valence-electron chi connectivity index (χ3n) is 2.85. The molecule has 2 aromatic rings. The Morgan fingerprint density at radius 2 is 1.68 bits per heavy atom. The summed E-state index contributed by atoms with van der Waals surface area (Å²) in [5.41, 5.74) is 8.09. The predicted octanol–water partition coefficient (Wildman–Crippen LogP) is 2.42. The fourth-order valence-electron chi connectivity index (χ4n) is 1.70. The molecule has 2 N–H and O–H groups in total. The van der Waals surface area contributed by atoms with Gasteiger partial charge in [-0.1, -0.05) is 0 Å².